The van der Waals surface area contributed by atoms with E-state index >= 15 is 0 Å². The number of aliphatic hydroxyl groups is 1. The fraction of sp³-hybridized carbons (Fsp3) is 0.324. The molecule has 3 aromatic carbocycles. The van der Waals surface area contributed by atoms with Crippen LogP contribution in [0.5, 0.6) is 11.5 Å². The van der Waals surface area contributed by atoms with Gasteiger partial charge in [0.25, 0.3) is 0 Å². The van der Waals surface area contributed by atoms with E-state index in [2.05, 4.69) is 15.4 Å². The zero-order valence-corrected chi connectivity index (χ0v) is 28.0. The summed E-state index contributed by atoms with van der Waals surface area (Å²) in [5.74, 6) is 0.468. The molecule has 0 spiro atoms. The summed E-state index contributed by atoms with van der Waals surface area (Å²) in [5.41, 5.74) is 0.828. The van der Waals surface area contributed by atoms with Crippen molar-refractivity contribution in [2.24, 2.45) is 0 Å². The van der Waals surface area contributed by atoms with E-state index in [0.29, 0.717) is 22.7 Å². The predicted molar refractivity (Wildman–Crippen MR) is 180 cm³/mol. The summed E-state index contributed by atoms with van der Waals surface area (Å²) >= 11 is 0. The number of fused-ring (bicyclic) bond motifs is 2. The molecule has 0 radical (unpaired) electrons. The van der Waals surface area contributed by atoms with Crippen LogP contribution in [0.15, 0.2) is 97.3 Å². The van der Waals surface area contributed by atoms with E-state index < -0.39 is 48.0 Å². The highest BCUT2D eigenvalue weighted by Gasteiger charge is 2.64. The van der Waals surface area contributed by atoms with Gasteiger partial charge in [0, 0.05) is 0 Å². The van der Waals surface area contributed by atoms with Crippen LogP contribution >= 0.6 is 0 Å². The van der Waals surface area contributed by atoms with E-state index in [1.807, 2.05) is 92.7 Å². The number of anilines is 1. The second-order valence-electron chi connectivity index (χ2n) is 12.7. The lowest BCUT2D eigenvalue weighted by Crippen LogP contribution is -2.52. The van der Waals surface area contributed by atoms with Gasteiger partial charge >= 0.3 is 6.09 Å². The molecule has 0 saturated carbocycles. The molecule has 3 N–H and O–H groups in total. The zero-order chi connectivity index (χ0) is 35.1. The summed E-state index contributed by atoms with van der Waals surface area (Å²) < 4.78 is 39.5. The molecule has 2 aliphatic rings. The fourth-order valence-electron chi connectivity index (χ4n) is 6.99. The zero-order valence-electron chi connectivity index (χ0n) is 28.0. The molecule has 2 aliphatic heterocycles. The van der Waals surface area contributed by atoms with Crippen molar-refractivity contribution in [2.45, 2.75) is 49.1 Å². The van der Waals surface area contributed by atoms with Gasteiger partial charge in [0.05, 0.1) is 33.1 Å². The molecule has 1 amide bonds. The number of amides is 1. The van der Waals surface area contributed by atoms with Crippen LogP contribution in [0.2, 0.25) is 0 Å². The van der Waals surface area contributed by atoms with E-state index in [-0.39, 0.29) is 12.4 Å². The number of aromatic nitrogens is 3. The molecule has 50 heavy (non-hydrogen) atoms. The first-order chi connectivity index (χ1) is 24.1. The third kappa shape index (κ3) is 5.72. The minimum absolute atomic E-state index is 0.112. The average Bonchev–Trinajstić information content (AvgIpc) is 3.79. The number of hydrogen-bond acceptors (Lipinski definition) is 10. The molecule has 4 heterocycles. The van der Waals surface area contributed by atoms with Crippen molar-refractivity contribution in [2.75, 3.05) is 32.8 Å². The number of carbonyl (C=O) groups is 1. The van der Waals surface area contributed by atoms with E-state index in [9.17, 15) is 15.0 Å². The number of carboxylic acid groups (broad SMARTS) is 1. The van der Waals surface area contributed by atoms with Crippen LogP contribution in [0, 0.1) is 0 Å². The van der Waals surface area contributed by atoms with Gasteiger partial charge in [-0.1, -0.05) is 54.6 Å². The van der Waals surface area contributed by atoms with Crippen molar-refractivity contribution < 1.29 is 43.4 Å². The minimum Gasteiger partial charge on any atom is -0.497 e. The Labute approximate surface area is 288 Å². The highest BCUT2D eigenvalue weighted by Crippen LogP contribution is 2.52. The monoisotopic (exact) mass is 682 g/mol. The molecule has 13 nitrogen and oxygen atoms in total. The molecule has 0 bridgehead atoms. The first kappa shape index (κ1) is 33.4. The predicted octanol–water partition coefficient (Wildman–Crippen LogP) is 5.17. The van der Waals surface area contributed by atoms with Crippen LogP contribution in [0.4, 0.5) is 10.6 Å². The smallest absolute Gasteiger partial charge is 0.410 e. The topological polar surface area (TPSA) is 155 Å². The maximum Gasteiger partial charge on any atom is 0.410 e. The van der Waals surface area contributed by atoms with Crippen LogP contribution in [-0.2, 0) is 24.5 Å². The normalized spacial score (nSPS) is 22.7. The Kier molecular flexibility index (Phi) is 8.70. The van der Waals surface area contributed by atoms with Gasteiger partial charge in [0.15, 0.2) is 11.6 Å². The number of aliphatic hydroxyl groups excluding tert-OH is 1. The maximum atomic E-state index is 11.4. The molecular weight excluding hydrogens is 644 g/mol. The lowest BCUT2D eigenvalue weighted by molar-refractivity contribution is -0.233. The van der Waals surface area contributed by atoms with Crippen molar-refractivity contribution in [1.29, 1.82) is 0 Å². The number of rotatable bonds is 11. The summed E-state index contributed by atoms with van der Waals surface area (Å²) in [6, 6.07) is 28.6. The van der Waals surface area contributed by atoms with Crippen molar-refractivity contribution in [3.63, 3.8) is 0 Å². The molecule has 0 aliphatic carbocycles. The molecule has 260 valence electrons. The quantitative estimate of drug-likeness (QED) is 0.158. The van der Waals surface area contributed by atoms with Crippen LogP contribution in [0.25, 0.3) is 5.52 Å². The first-order valence-corrected chi connectivity index (χ1v) is 16.1. The molecule has 7 rings (SSSR count). The second kappa shape index (κ2) is 13.0. The third-order valence-electron chi connectivity index (χ3n) is 9.28. The number of methoxy groups -OCH3 is 2. The van der Waals surface area contributed by atoms with Gasteiger partial charge in [-0.3, -0.25) is 5.32 Å². The Hall–Kier alpha value is -5.05. The average molecular weight is 683 g/mol. The lowest BCUT2D eigenvalue weighted by Gasteiger charge is -2.40. The molecule has 2 fully saturated rings. The number of nitrogens with one attached hydrogen (secondary N) is 1. The van der Waals surface area contributed by atoms with Gasteiger partial charge in [-0.05, 0) is 66.9 Å². The summed E-state index contributed by atoms with van der Waals surface area (Å²) in [4.78, 5) is 15.5. The Balaban J connectivity index is 1.34. The standard InChI is InChI=1S/C37H38N4O9/c1-35(2)48-31-30(28-18-19-29-33(40-34(43)44)38-22-39-41(28)29)49-36(20-42,32(31)50-35)21-47-37(23-8-6-5-7-9-23,24-10-14-26(45-3)15-11-24)25-12-16-27(46-4)17-13-25/h5-19,22,30-32,42H,20-21H2,1-4H3,(H,43,44)(H,38,39,40)/t30-,31-,32-,36-/m0/s1. The van der Waals surface area contributed by atoms with E-state index in [4.69, 9.17) is 28.4 Å². The molecule has 13 heteroatoms. The SMILES string of the molecule is COc1ccc(C(OC[C@]2(CO)O[C@@H](c3ccc4c(NC(=O)O)ncnn34)[C@@H]3OC(C)(C)O[C@@H]32)(c2ccccc2)c2ccc(OC)cc2)cc1. The fourth-order valence-corrected chi connectivity index (χ4v) is 6.99. The number of benzene rings is 3. The first-order valence-electron chi connectivity index (χ1n) is 16.1. The van der Waals surface area contributed by atoms with Gasteiger partial charge in [-0.2, -0.15) is 5.10 Å². The molecule has 0 unspecified atom stereocenters. The Morgan fingerprint density at radius 1 is 0.880 bits per heavy atom. The molecular formula is C37H38N4O9. The third-order valence-corrected chi connectivity index (χ3v) is 9.28. The largest absolute Gasteiger partial charge is 0.497 e. The van der Waals surface area contributed by atoms with Crippen LogP contribution in [0.3, 0.4) is 0 Å². The van der Waals surface area contributed by atoms with Crippen LogP contribution in [-0.4, -0.2) is 81.9 Å². The van der Waals surface area contributed by atoms with Crippen LogP contribution < -0.4 is 14.8 Å². The summed E-state index contributed by atoms with van der Waals surface area (Å²) in [6.07, 6.45) is -2.24. The summed E-state index contributed by atoms with van der Waals surface area (Å²) in [5, 5.41) is 27.3. The van der Waals surface area contributed by atoms with E-state index in [1.54, 1.807) is 30.9 Å². The van der Waals surface area contributed by atoms with E-state index in [0.717, 1.165) is 16.7 Å². The Bertz CT molecular complexity index is 1920. The van der Waals surface area contributed by atoms with Gasteiger partial charge in [-0.25, -0.2) is 14.3 Å². The number of nitrogens with zero attached hydrogens (tertiary/aromatic N) is 3. The highest BCUT2D eigenvalue weighted by atomic mass is 16.8. The van der Waals surface area contributed by atoms with Crippen molar-refractivity contribution in [1.82, 2.24) is 14.6 Å². The van der Waals surface area contributed by atoms with Crippen molar-refractivity contribution >= 4 is 17.4 Å². The molecule has 4 atom stereocenters. The van der Waals surface area contributed by atoms with Gasteiger partial charge in [0.2, 0.25) is 0 Å². The Morgan fingerprint density at radius 2 is 1.50 bits per heavy atom. The van der Waals surface area contributed by atoms with Crippen LogP contribution in [0.1, 0.15) is 42.3 Å². The Morgan fingerprint density at radius 3 is 2.08 bits per heavy atom. The summed E-state index contributed by atoms with van der Waals surface area (Å²) in [6.45, 7) is 3.02. The number of ether oxygens (including phenoxy) is 6. The van der Waals surface area contributed by atoms with Gasteiger partial charge in [-0.15, -0.1) is 0 Å². The minimum atomic E-state index is -1.42. The highest BCUT2D eigenvalue weighted by molar-refractivity contribution is 5.87. The van der Waals surface area contributed by atoms with Gasteiger partial charge < -0.3 is 38.6 Å². The van der Waals surface area contributed by atoms with Crippen molar-refractivity contribution in [3.05, 3.63) is 120 Å². The second-order valence-corrected chi connectivity index (χ2v) is 12.7. The lowest BCUT2D eigenvalue weighted by atomic mass is 9.79. The molecule has 2 saturated heterocycles. The van der Waals surface area contributed by atoms with Gasteiger partial charge in [0.1, 0.15) is 52.9 Å². The van der Waals surface area contributed by atoms with E-state index in [1.165, 1.54) is 6.33 Å². The maximum absolute atomic E-state index is 11.4. The van der Waals surface area contributed by atoms with Crippen molar-refractivity contribution in [3.8, 4) is 11.5 Å². The molecule has 5 aromatic rings. The molecule has 2 aromatic heterocycles. The number of hydrogen-bond donors (Lipinski definition) is 3. The summed E-state index contributed by atoms with van der Waals surface area (Å²) in [7, 11) is 3.23.